The topological polar surface area (TPSA) is 127 Å². The summed E-state index contributed by atoms with van der Waals surface area (Å²) in [7, 11) is 1.26. The SMILES string of the molecule is COC(=O)C1=COC(O)C2C(C(=O)Oc3ccc(/N=N/c4ccccc4)c(O)c3)CCC12. The van der Waals surface area contributed by atoms with Gasteiger partial charge in [0.15, 0.2) is 0 Å². The fourth-order valence-electron chi connectivity index (χ4n) is 4.15. The maximum Gasteiger partial charge on any atom is 0.337 e. The summed E-state index contributed by atoms with van der Waals surface area (Å²) in [5.74, 6) is -2.87. The summed E-state index contributed by atoms with van der Waals surface area (Å²) in [6, 6.07) is 13.3. The highest BCUT2D eigenvalue weighted by Crippen LogP contribution is 2.47. The molecule has 0 aromatic heterocycles. The van der Waals surface area contributed by atoms with Gasteiger partial charge in [-0.25, -0.2) is 4.79 Å². The molecule has 4 unspecified atom stereocenters. The Bertz CT molecular complexity index is 1070. The molecule has 0 saturated heterocycles. The van der Waals surface area contributed by atoms with E-state index in [9.17, 15) is 19.8 Å². The van der Waals surface area contributed by atoms with Crippen LogP contribution in [0.4, 0.5) is 11.4 Å². The number of rotatable bonds is 5. The third-order valence-corrected chi connectivity index (χ3v) is 5.70. The number of carbonyl (C=O) groups is 2. The van der Waals surface area contributed by atoms with Crippen molar-refractivity contribution in [2.24, 2.45) is 28.0 Å². The molecule has 0 spiro atoms. The van der Waals surface area contributed by atoms with Crippen LogP contribution < -0.4 is 4.74 Å². The average molecular weight is 438 g/mol. The van der Waals surface area contributed by atoms with Gasteiger partial charge in [-0.2, -0.15) is 5.11 Å². The number of hydrogen-bond donors (Lipinski definition) is 2. The number of fused-ring (bicyclic) bond motifs is 1. The van der Waals surface area contributed by atoms with Crippen LogP contribution in [0, 0.1) is 17.8 Å². The van der Waals surface area contributed by atoms with E-state index in [2.05, 4.69) is 10.2 Å². The van der Waals surface area contributed by atoms with Crippen LogP contribution in [-0.2, 0) is 19.1 Å². The van der Waals surface area contributed by atoms with E-state index < -0.39 is 30.1 Å². The largest absolute Gasteiger partial charge is 0.505 e. The molecule has 0 amide bonds. The molecule has 0 radical (unpaired) electrons. The molecule has 2 aromatic carbocycles. The van der Waals surface area contributed by atoms with E-state index >= 15 is 0 Å². The highest BCUT2D eigenvalue weighted by molar-refractivity contribution is 5.89. The first-order valence-electron chi connectivity index (χ1n) is 10.1. The third kappa shape index (κ3) is 4.33. The number of ether oxygens (including phenoxy) is 3. The van der Waals surface area contributed by atoms with E-state index in [0.717, 1.165) is 0 Å². The van der Waals surface area contributed by atoms with Gasteiger partial charge in [0.2, 0.25) is 6.29 Å². The smallest absolute Gasteiger partial charge is 0.337 e. The molecule has 4 rings (SSSR count). The van der Waals surface area contributed by atoms with Gasteiger partial charge in [0.25, 0.3) is 0 Å². The first kappa shape index (κ1) is 21.5. The van der Waals surface area contributed by atoms with Crippen LogP contribution in [-0.4, -0.2) is 35.6 Å². The van der Waals surface area contributed by atoms with E-state index in [1.54, 1.807) is 12.1 Å². The number of methoxy groups -OCH3 is 1. The zero-order valence-electron chi connectivity index (χ0n) is 17.2. The maximum absolute atomic E-state index is 12.8. The molecule has 0 bridgehead atoms. The van der Waals surface area contributed by atoms with E-state index in [0.29, 0.717) is 24.1 Å². The Morgan fingerprint density at radius 1 is 1.09 bits per heavy atom. The number of esters is 2. The quantitative estimate of drug-likeness (QED) is 0.413. The fraction of sp³-hybridized carbons (Fsp3) is 0.304. The van der Waals surface area contributed by atoms with Gasteiger partial charge in [0.05, 0.1) is 30.6 Å². The Labute approximate surface area is 184 Å². The number of phenolic OH excluding ortho intramolecular Hbond substituents is 1. The van der Waals surface area contributed by atoms with Crippen LogP contribution >= 0.6 is 0 Å². The molecule has 4 atom stereocenters. The Morgan fingerprint density at radius 3 is 2.59 bits per heavy atom. The second kappa shape index (κ2) is 9.19. The van der Waals surface area contributed by atoms with Crippen molar-refractivity contribution in [2.75, 3.05) is 7.11 Å². The van der Waals surface area contributed by atoms with Crippen LogP contribution in [0.25, 0.3) is 0 Å². The molecule has 9 heteroatoms. The number of benzene rings is 2. The Balaban J connectivity index is 1.45. The Morgan fingerprint density at radius 2 is 1.88 bits per heavy atom. The second-order valence-corrected chi connectivity index (χ2v) is 7.57. The monoisotopic (exact) mass is 438 g/mol. The lowest BCUT2D eigenvalue weighted by Crippen LogP contribution is -2.39. The first-order valence-corrected chi connectivity index (χ1v) is 10.1. The predicted octanol–water partition coefficient (Wildman–Crippen LogP) is 3.76. The molecule has 32 heavy (non-hydrogen) atoms. The molecule has 1 heterocycles. The standard InChI is InChI=1S/C23H22N2O7/c1-30-21(27)17-12-31-23(29)20-15(17)8-9-16(20)22(28)32-14-7-10-18(19(26)11-14)25-24-13-5-3-2-4-6-13/h2-7,10-12,15-16,20,23,26,29H,8-9H2,1H3/b25-24+. The maximum atomic E-state index is 12.8. The normalized spacial score (nSPS) is 24.4. The van der Waals surface area contributed by atoms with Gasteiger partial charge in [0.1, 0.15) is 17.2 Å². The lowest BCUT2D eigenvalue weighted by molar-refractivity contribution is -0.158. The Kier molecular flexibility index (Phi) is 6.18. The van der Waals surface area contributed by atoms with E-state index in [1.807, 2.05) is 18.2 Å². The van der Waals surface area contributed by atoms with E-state index in [4.69, 9.17) is 14.2 Å². The molecule has 2 N–H and O–H groups in total. The lowest BCUT2D eigenvalue weighted by Gasteiger charge is -2.32. The van der Waals surface area contributed by atoms with Gasteiger partial charge in [0, 0.05) is 17.9 Å². The van der Waals surface area contributed by atoms with Crippen LogP contribution in [0.3, 0.4) is 0 Å². The van der Waals surface area contributed by atoms with Crippen molar-refractivity contribution in [1.29, 1.82) is 0 Å². The number of phenols is 1. The summed E-state index contributed by atoms with van der Waals surface area (Å²) in [5, 5.41) is 28.6. The first-order chi connectivity index (χ1) is 15.5. The second-order valence-electron chi connectivity index (χ2n) is 7.57. The highest BCUT2D eigenvalue weighted by Gasteiger charge is 2.50. The summed E-state index contributed by atoms with van der Waals surface area (Å²) in [6.45, 7) is 0. The summed E-state index contributed by atoms with van der Waals surface area (Å²) in [5.41, 5.74) is 1.15. The number of aliphatic hydroxyl groups excluding tert-OH is 1. The van der Waals surface area contributed by atoms with Gasteiger partial charge in [-0.15, -0.1) is 5.11 Å². The number of carbonyl (C=O) groups excluding carboxylic acids is 2. The number of hydrogen-bond acceptors (Lipinski definition) is 9. The number of nitrogens with zero attached hydrogens (tertiary/aromatic N) is 2. The zero-order chi connectivity index (χ0) is 22.7. The van der Waals surface area contributed by atoms with Crippen molar-refractivity contribution in [3.8, 4) is 11.5 Å². The molecule has 2 aromatic rings. The molecule has 1 aliphatic heterocycles. The van der Waals surface area contributed by atoms with Crippen molar-refractivity contribution in [3.05, 3.63) is 60.4 Å². The molecule has 1 aliphatic carbocycles. The number of aromatic hydroxyl groups is 1. The van der Waals surface area contributed by atoms with Gasteiger partial charge < -0.3 is 24.4 Å². The van der Waals surface area contributed by atoms with Gasteiger partial charge in [-0.3, -0.25) is 4.79 Å². The molecule has 1 fully saturated rings. The number of azo groups is 1. The van der Waals surface area contributed by atoms with Crippen LogP contribution in [0.5, 0.6) is 11.5 Å². The predicted molar refractivity (Wildman–Crippen MR) is 111 cm³/mol. The minimum atomic E-state index is -1.23. The third-order valence-electron chi connectivity index (χ3n) is 5.70. The van der Waals surface area contributed by atoms with Crippen molar-refractivity contribution in [2.45, 2.75) is 19.1 Å². The average Bonchev–Trinajstić information content (AvgIpc) is 3.25. The van der Waals surface area contributed by atoms with Crippen molar-refractivity contribution in [3.63, 3.8) is 0 Å². The van der Waals surface area contributed by atoms with Gasteiger partial charge >= 0.3 is 11.9 Å². The van der Waals surface area contributed by atoms with E-state index in [1.165, 1.54) is 31.6 Å². The number of aliphatic hydroxyl groups is 1. The fourth-order valence-corrected chi connectivity index (χ4v) is 4.15. The Hall–Kier alpha value is -3.72. The van der Waals surface area contributed by atoms with Crippen LogP contribution in [0.1, 0.15) is 12.8 Å². The lowest BCUT2D eigenvalue weighted by atomic mass is 9.83. The van der Waals surface area contributed by atoms with Crippen molar-refractivity contribution >= 4 is 23.3 Å². The summed E-state index contributed by atoms with van der Waals surface area (Å²) in [4.78, 5) is 24.8. The molecular formula is C23H22N2O7. The molecule has 2 aliphatic rings. The molecular weight excluding hydrogens is 416 g/mol. The van der Waals surface area contributed by atoms with Gasteiger partial charge in [-0.05, 0) is 37.1 Å². The van der Waals surface area contributed by atoms with Crippen molar-refractivity contribution in [1.82, 2.24) is 0 Å². The summed E-state index contributed by atoms with van der Waals surface area (Å²) < 4.78 is 15.4. The minimum Gasteiger partial charge on any atom is -0.505 e. The van der Waals surface area contributed by atoms with Crippen LogP contribution in [0.2, 0.25) is 0 Å². The minimum absolute atomic E-state index is 0.129. The molecule has 166 valence electrons. The van der Waals surface area contributed by atoms with Gasteiger partial charge in [-0.1, -0.05) is 18.2 Å². The summed E-state index contributed by atoms with van der Waals surface area (Å²) in [6.07, 6.45) is 0.892. The molecule has 9 nitrogen and oxygen atoms in total. The summed E-state index contributed by atoms with van der Waals surface area (Å²) >= 11 is 0. The van der Waals surface area contributed by atoms with Crippen molar-refractivity contribution < 1.29 is 34.0 Å². The van der Waals surface area contributed by atoms with E-state index in [-0.39, 0.29) is 23.1 Å². The highest BCUT2D eigenvalue weighted by atomic mass is 16.6. The zero-order valence-corrected chi connectivity index (χ0v) is 17.2. The molecule has 1 saturated carbocycles. The van der Waals surface area contributed by atoms with Crippen LogP contribution in [0.15, 0.2) is 70.6 Å².